The second-order valence-electron chi connectivity index (χ2n) is 7.73. The number of amides is 1. The summed E-state index contributed by atoms with van der Waals surface area (Å²) in [4.78, 5) is 11.4. The molecule has 1 aliphatic carbocycles. The van der Waals surface area contributed by atoms with Crippen molar-refractivity contribution in [3.63, 3.8) is 0 Å². The molecule has 0 aromatic heterocycles. The van der Waals surface area contributed by atoms with Crippen molar-refractivity contribution >= 4 is 5.91 Å². The van der Waals surface area contributed by atoms with E-state index in [-0.39, 0.29) is 24.3 Å². The van der Waals surface area contributed by atoms with Crippen molar-refractivity contribution in [2.45, 2.75) is 83.0 Å². The number of rotatable bonds is 14. The van der Waals surface area contributed by atoms with Crippen molar-refractivity contribution < 1.29 is 25.2 Å². The van der Waals surface area contributed by atoms with Crippen molar-refractivity contribution in [1.29, 1.82) is 0 Å². The Morgan fingerprint density at radius 1 is 1.18 bits per heavy atom. The molecule has 1 saturated carbocycles. The zero-order valence-electron chi connectivity index (χ0n) is 17.2. The van der Waals surface area contributed by atoms with E-state index in [2.05, 4.69) is 12.2 Å². The van der Waals surface area contributed by atoms with Crippen molar-refractivity contribution in [3.05, 3.63) is 24.3 Å². The van der Waals surface area contributed by atoms with Crippen LogP contribution in [0.3, 0.4) is 0 Å². The van der Waals surface area contributed by atoms with Gasteiger partial charge in [0, 0.05) is 25.3 Å². The minimum atomic E-state index is -0.581. The summed E-state index contributed by atoms with van der Waals surface area (Å²) in [7, 11) is 0. The Morgan fingerprint density at radius 3 is 2.68 bits per heavy atom. The molecule has 0 radical (unpaired) electrons. The number of nitrogens with one attached hydrogen (secondary N) is 1. The highest BCUT2D eigenvalue weighted by molar-refractivity contribution is 5.75. The second kappa shape index (κ2) is 14.7. The molecule has 0 heterocycles. The average Bonchev–Trinajstić information content (AvgIpc) is 2.94. The third-order valence-electron chi connectivity index (χ3n) is 5.36. The molecule has 0 aromatic carbocycles. The minimum Gasteiger partial charge on any atom is -0.395 e. The van der Waals surface area contributed by atoms with Gasteiger partial charge in [-0.3, -0.25) is 4.79 Å². The lowest BCUT2D eigenvalue weighted by atomic mass is 9.89. The Balaban J connectivity index is 2.39. The molecule has 1 aliphatic rings. The van der Waals surface area contributed by atoms with Crippen LogP contribution >= 0.6 is 0 Å². The van der Waals surface area contributed by atoms with E-state index in [1.165, 1.54) is 0 Å². The smallest absolute Gasteiger partial charge is 0.220 e. The third kappa shape index (κ3) is 9.82. The fourth-order valence-electron chi connectivity index (χ4n) is 3.70. The van der Waals surface area contributed by atoms with E-state index in [9.17, 15) is 20.1 Å². The SMILES string of the molecule is CCCCC[C@H](O)/C=C/[C@H]1[C@@H](C/C=C\CCCC(=O)NCCO)[C@H](O)C[C@@H]1O. The summed E-state index contributed by atoms with van der Waals surface area (Å²) in [5.74, 6) is -0.262. The normalized spacial score (nSPS) is 26.3. The lowest BCUT2D eigenvalue weighted by molar-refractivity contribution is -0.121. The first kappa shape index (κ1) is 24.8. The number of carbonyl (C=O) groups excluding carboxylic acids is 1. The van der Waals surface area contributed by atoms with Crippen molar-refractivity contribution in [3.8, 4) is 0 Å². The first-order valence-electron chi connectivity index (χ1n) is 10.7. The van der Waals surface area contributed by atoms with Gasteiger partial charge in [-0.1, -0.05) is 50.5 Å². The number of aliphatic hydroxyl groups excluding tert-OH is 4. The molecule has 1 rings (SSSR count). The summed E-state index contributed by atoms with van der Waals surface area (Å²) in [6, 6.07) is 0. The highest BCUT2D eigenvalue weighted by Crippen LogP contribution is 2.36. The van der Waals surface area contributed by atoms with E-state index in [0.29, 0.717) is 25.8 Å². The van der Waals surface area contributed by atoms with E-state index in [1.54, 1.807) is 6.08 Å². The molecule has 0 unspecified atom stereocenters. The van der Waals surface area contributed by atoms with Gasteiger partial charge >= 0.3 is 0 Å². The standard InChI is InChI=1S/C22H39NO5/c1-2-3-6-9-17(25)12-13-19-18(20(26)16-21(19)27)10-7-4-5-8-11-22(28)23-14-15-24/h4,7,12-13,17-21,24-27H,2-3,5-6,8-11,14-16H2,1H3,(H,23,28)/b7-4-,13-12+/t17-,18+,19-,20+,21-/m0/s1. The first-order chi connectivity index (χ1) is 13.5. The number of hydrogen-bond donors (Lipinski definition) is 5. The summed E-state index contributed by atoms with van der Waals surface area (Å²) in [6.07, 6.45) is 12.9. The molecule has 5 N–H and O–H groups in total. The molecule has 5 atom stereocenters. The molecular weight excluding hydrogens is 358 g/mol. The predicted octanol–water partition coefficient (Wildman–Crippen LogP) is 2.07. The van der Waals surface area contributed by atoms with Crippen molar-refractivity contribution in [1.82, 2.24) is 5.32 Å². The van der Waals surface area contributed by atoms with Crippen molar-refractivity contribution in [2.75, 3.05) is 13.2 Å². The second-order valence-corrected chi connectivity index (χ2v) is 7.73. The number of unbranched alkanes of at least 4 members (excludes halogenated alkanes) is 3. The number of hydrogen-bond acceptors (Lipinski definition) is 5. The molecule has 0 spiro atoms. The van der Waals surface area contributed by atoms with Gasteiger partial charge in [0.25, 0.3) is 0 Å². The van der Waals surface area contributed by atoms with E-state index in [4.69, 9.17) is 5.11 Å². The maximum Gasteiger partial charge on any atom is 0.220 e. The van der Waals surface area contributed by atoms with Crippen LogP contribution < -0.4 is 5.32 Å². The monoisotopic (exact) mass is 397 g/mol. The van der Waals surface area contributed by atoms with Gasteiger partial charge in [0.1, 0.15) is 0 Å². The van der Waals surface area contributed by atoms with Crippen molar-refractivity contribution in [2.24, 2.45) is 11.8 Å². The zero-order chi connectivity index (χ0) is 20.8. The molecule has 0 aliphatic heterocycles. The van der Waals surface area contributed by atoms with Crippen LogP contribution in [0.15, 0.2) is 24.3 Å². The van der Waals surface area contributed by atoms with Gasteiger partial charge in [0.15, 0.2) is 0 Å². The van der Waals surface area contributed by atoms with Crippen LogP contribution in [0.4, 0.5) is 0 Å². The molecule has 0 bridgehead atoms. The Labute approximate surface area is 169 Å². The van der Waals surface area contributed by atoms with Gasteiger partial charge in [0.05, 0.1) is 24.9 Å². The topological polar surface area (TPSA) is 110 Å². The summed E-state index contributed by atoms with van der Waals surface area (Å²) < 4.78 is 0. The molecule has 6 nitrogen and oxygen atoms in total. The summed E-state index contributed by atoms with van der Waals surface area (Å²) in [6.45, 7) is 2.37. The van der Waals surface area contributed by atoms with Crippen LogP contribution in [0.5, 0.6) is 0 Å². The quantitative estimate of drug-likeness (QED) is 0.228. The van der Waals surface area contributed by atoms with Gasteiger partial charge in [-0.15, -0.1) is 0 Å². The highest BCUT2D eigenvalue weighted by atomic mass is 16.3. The Morgan fingerprint density at radius 2 is 1.96 bits per heavy atom. The number of allylic oxidation sites excluding steroid dienone is 2. The summed E-state index contributed by atoms with van der Waals surface area (Å²) >= 11 is 0. The summed E-state index contributed by atoms with van der Waals surface area (Å²) in [5, 5.41) is 41.8. The molecule has 0 aromatic rings. The van der Waals surface area contributed by atoms with Crippen LogP contribution in [0.1, 0.15) is 64.7 Å². The molecule has 0 saturated heterocycles. The van der Waals surface area contributed by atoms with Crippen LogP contribution in [-0.2, 0) is 4.79 Å². The van der Waals surface area contributed by atoms with Gasteiger partial charge < -0.3 is 25.7 Å². The van der Waals surface area contributed by atoms with E-state index >= 15 is 0 Å². The molecule has 162 valence electrons. The number of aliphatic hydroxyl groups is 4. The predicted molar refractivity (Wildman–Crippen MR) is 111 cm³/mol. The molecule has 6 heteroatoms. The minimum absolute atomic E-state index is 0.0490. The maximum absolute atomic E-state index is 11.4. The summed E-state index contributed by atoms with van der Waals surface area (Å²) in [5.41, 5.74) is 0. The fourth-order valence-corrected chi connectivity index (χ4v) is 3.70. The lowest BCUT2D eigenvalue weighted by Crippen LogP contribution is -2.25. The Bertz CT molecular complexity index is 480. The maximum atomic E-state index is 11.4. The molecular formula is C22H39NO5. The first-order valence-corrected chi connectivity index (χ1v) is 10.7. The molecule has 1 amide bonds. The Hall–Kier alpha value is -1.21. The zero-order valence-corrected chi connectivity index (χ0v) is 17.2. The average molecular weight is 398 g/mol. The van der Waals surface area contributed by atoms with Gasteiger partial charge in [-0.05, 0) is 31.6 Å². The lowest BCUT2D eigenvalue weighted by Gasteiger charge is -2.19. The largest absolute Gasteiger partial charge is 0.395 e. The highest BCUT2D eigenvalue weighted by Gasteiger charge is 2.39. The van der Waals surface area contributed by atoms with Crippen LogP contribution in [0, 0.1) is 11.8 Å². The van der Waals surface area contributed by atoms with Crippen LogP contribution in [0.25, 0.3) is 0 Å². The van der Waals surface area contributed by atoms with E-state index in [1.807, 2.05) is 18.2 Å². The van der Waals surface area contributed by atoms with Gasteiger partial charge in [-0.2, -0.15) is 0 Å². The number of carbonyl (C=O) groups is 1. The fraction of sp³-hybridized carbons (Fsp3) is 0.773. The van der Waals surface area contributed by atoms with E-state index in [0.717, 1.165) is 38.5 Å². The van der Waals surface area contributed by atoms with Gasteiger partial charge in [0.2, 0.25) is 5.91 Å². The third-order valence-corrected chi connectivity index (χ3v) is 5.36. The van der Waals surface area contributed by atoms with Crippen LogP contribution in [-0.4, -0.2) is 57.8 Å². The van der Waals surface area contributed by atoms with E-state index < -0.39 is 18.3 Å². The molecule has 1 fully saturated rings. The van der Waals surface area contributed by atoms with Gasteiger partial charge in [-0.25, -0.2) is 0 Å². The van der Waals surface area contributed by atoms with Crippen LogP contribution in [0.2, 0.25) is 0 Å². The molecule has 28 heavy (non-hydrogen) atoms. The Kier molecular flexibility index (Phi) is 13.1.